The number of urea groups is 1. The maximum absolute atomic E-state index is 11.8. The third kappa shape index (κ3) is 3.95. The molecule has 0 saturated carbocycles. The Labute approximate surface area is 126 Å². The van der Waals surface area contributed by atoms with Crippen molar-refractivity contribution in [2.45, 2.75) is 6.42 Å². The minimum atomic E-state index is -0.558. The van der Waals surface area contributed by atoms with Crippen LogP contribution in [0.25, 0.3) is 0 Å². The minimum absolute atomic E-state index is 0.132. The highest BCUT2D eigenvalue weighted by atomic mass is 16.6. The number of hydrogen-bond acceptors (Lipinski definition) is 4. The first-order valence-corrected chi connectivity index (χ1v) is 6.63. The van der Waals surface area contributed by atoms with Crippen molar-refractivity contribution >= 4 is 17.4 Å². The third-order valence-corrected chi connectivity index (χ3v) is 3.02. The van der Waals surface area contributed by atoms with E-state index in [-0.39, 0.29) is 17.1 Å². The summed E-state index contributed by atoms with van der Waals surface area (Å²) >= 11 is 0. The van der Waals surface area contributed by atoms with Crippen molar-refractivity contribution in [3.63, 3.8) is 0 Å². The van der Waals surface area contributed by atoms with Crippen LogP contribution < -0.4 is 10.6 Å². The number of benzene rings is 2. The topological polar surface area (TPSA) is 104 Å². The van der Waals surface area contributed by atoms with Crippen LogP contribution in [-0.4, -0.2) is 22.6 Å². The number of hydrogen-bond donors (Lipinski definition) is 3. The second-order valence-corrected chi connectivity index (χ2v) is 4.53. The average Bonchev–Trinajstić information content (AvgIpc) is 2.49. The number of amides is 2. The second kappa shape index (κ2) is 7.07. The van der Waals surface area contributed by atoms with Crippen molar-refractivity contribution < 1.29 is 14.8 Å². The maximum atomic E-state index is 11.8. The van der Waals surface area contributed by atoms with Gasteiger partial charge in [0.1, 0.15) is 11.4 Å². The van der Waals surface area contributed by atoms with Gasteiger partial charge in [0.05, 0.1) is 4.92 Å². The molecule has 0 aromatic heterocycles. The van der Waals surface area contributed by atoms with E-state index in [9.17, 15) is 20.0 Å². The average molecular weight is 301 g/mol. The molecule has 0 aliphatic rings. The van der Waals surface area contributed by atoms with Crippen molar-refractivity contribution in [2.75, 3.05) is 11.9 Å². The molecule has 0 fully saturated rings. The first-order chi connectivity index (χ1) is 10.6. The number of nitrogens with zero attached hydrogens (tertiary/aromatic N) is 1. The fourth-order valence-electron chi connectivity index (χ4n) is 1.94. The second-order valence-electron chi connectivity index (χ2n) is 4.53. The summed E-state index contributed by atoms with van der Waals surface area (Å²) in [5, 5.41) is 25.5. The molecule has 0 bridgehead atoms. The number of carbonyl (C=O) groups is 1. The first kappa shape index (κ1) is 15.3. The Bertz CT molecular complexity index is 688. The standard InChI is InChI=1S/C15H15N3O4/c19-14-8-4-1-5-11(14)9-10-16-15(20)17-12-6-2-3-7-13(12)18(21)22/h1-8,19H,9-10H2,(H2,16,17,20). The van der Waals surface area contributed by atoms with E-state index in [1.165, 1.54) is 18.2 Å². The molecule has 3 N–H and O–H groups in total. The summed E-state index contributed by atoms with van der Waals surface area (Å²) in [6.07, 6.45) is 0.455. The van der Waals surface area contributed by atoms with Gasteiger partial charge in [-0.05, 0) is 24.1 Å². The molecule has 7 nitrogen and oxygen atoms in total. The van der Waals surface area contributed by atoms with Gasteiger partial charge < -0.3 is 15.7 Å². The number of nitro groups is 1. The van der Waals surface area contributed by atoms with Gasteiger partial charge in [-0.1, -0.05) is 30.3 Å². The van der Waals surface area contributed by atoms with E-state index < -0.39 is 11.0 Å². The van der Waals surface area contributed by atoms with Crippen molar-refractivity contribution in [3.05, 3.63) is 64.2 Å². The summed E-state index contributed by atoms with van der Waals surface area (Å²) in [4.78, 5) is 22.0. The van der Waals surface area contributed by atoms with E-state index in [4.69, 9.17) is 0 Å². The van der Waals surface area contributed by atoms with Crippen molar-refractivity contribution in [3.8, 4) is 5.75 Å². The fourth-order valence-corrected chi connectivity index (χ4v) is 1.94. The lowest BCUT2D eigenvalue weighted by molar-refractivity contribution is -0.383. The predicted molar refractivity (Wildman–Crippen MR) is 81.9 cm³/mol. The lowest BCUT2D eigenvalue weighted by Gasteiger charge is -2.08. The highest BCUT2D eigenvalue weighted by Crippen LogP contribution is 2.22. The molecule has 2 rings (SSSR count). The largest absolute Gasteiger partial charge is 0.508 e. The van der Waals surface area contributed by atoms with Crippen LogP contribution in [-0.2, 0) is 6.42 Å². The van der Waals surface area contributed by atoms with Gasteiger partial charge in [-0.3, -0.25) is 10.1 Å². The molecule has 0 aliphatic heterocycles. The number of phenols is 1. The number of nitrogens with one attached hydrogen (secondary N) is 2. The van der Waals surface area contributed by atoms with Crippen molar-refractivity contribution in [1.82, 2.24) is 5.32 Å². The maximum Gasteiger partial charge on any atom is 0.319 e. The Morgan fingerprint density at radius 2 is 1.82 bits per heavy atom. The highest BCUT2D eigenvalue weighted by molar-refractivity contribution is 5.91. The summed E-state index contributed by atoms with van der Waals surface area (Å²) in [5.74, 6) is 0.170. The molecule has 0 radical (unpaired) electrons. The van der Waals surface area contributed by atoms with Crippen molar-refractivity contribution in [1.29, 1.82) is 0 Å². The van der Waals surface area contributed by atoms with Crippen LogP contribution in [0.2, 0.25) is 0 Å². The summed E-state index contributed by atoms with van der Waals surface area (Å²) in [6.45, 7) is 0.296. The van der Waals surface area contributed by atoms with Gasteiger partial charge in [-0.2, -0.15) is 0 Å². The number of carbonyl (C=O) groups excluding carboxylic acids is 1. The molecule has 0 heterocycles. The van der Waals surface area contributed by atoms with E-state index in [0.29, 0.717) is 18.5 Å². The minimum Gasteiger partial charge on any atom is -0.508 e. The summed E-state index contributed by atoms with van der Waals surface area (Å²) < 4.78 is 0. The predicted octanol–water partition coefficient (Wildman–Crippen LogP) is 2.66. The van der Waals surface area contributed by atoms with Crippen LogP contribution in [0.1, 0.15) is 5.56 Å². The first-order valence-electron chi connectivity index (χ1n) is 6.63. The number of phenolic OH excluding ortho intramolecular Hbond substituents is 1. The Hall–Kier alpha value is -3.09. The zero-order chi connectivity index (χ0) is 15.9. The number of para-hydroxylation sites is 3. The lowest BCUT2D eigenvalue weighted by Crippen LogP contribution is -2.30. The Morgan fingerprint density at radius 3 is 2.55 bits per heavy atom. The Kier molecular flexibility index (Phi) is 4.92. The van der Waals surface area contributed by atoms with Gasteiger partial charge in [0.25, 0.3) is 5.69 Å². The molecule has 2 amide bonds. The van der Waals surface area contributed by atoms with Gasteiger partial charge in [0.2, 0.25) is 0 Å². The van der Waals surface area contributed by atoms with E-state index in [1.807, 2.05) is 0 Å². The van der Waals surface area contributed by atoms with Gasteiger partial charge in [-0.15, -0.1) is 0 Å². The molecule has 22 heavy (non-hydrogen) atoms. The molecule has 0 aliphatic carbocycles. The quantitative estimate of drug-likeness (QED) is 0.583. The van der Waals surface area contributed by atoms with Crippen LogP contribution in [0.3, 0.4) is 0 Å². The lowest BCUT2D eigenvalue weighted by atomic mass is 10.1. The zero-order valence-corrected chi connectivity index (χ0v) is 11.7. The fraction of sp³-hybridized carbons (Fsp3) is 0.133. The van der Waals surface area contributed by atoms with Gasteiger partial charge in [-0.25, -0.2) is 4.79 Å². The van der Waals surface area contributed by atoms with Gasteiger partial charge >= 0.3 is 6.03 Å². The van der Waals surface area contributed by atoms with Crippen LogP contribution in [0.5, 0.6) is 5.75 Å². The molecule has 2 aromatic carbocycles. The van der Waals surface area contributed by atoms with E-state index in [2.05, 4.69) is 10.6 Å². The SMILES string of the molecule is O=C(NCCc1ccccc1O)Nc1ccccc1[N+](=O)[O-]. The van der Waals surface area contributed by atoms with Crippen LogP contribution >= 0.6 is 0 Å². The summed E-state index contributed by atoms with van der Waals surface area (Å²) in [7, 11) is 0. The number of aromatic hydroxyl groups is 1. The molecular formula is C15H15N3O4. The molecular weight excluding hydrogens is 286 g/mol. The molecule has 0 saturated heterocycles. The monoisotopic (exact) mass is 301 g/mol. The van der Waals surface area contributed by atoms with Crippen LogP contribution in [0, 0.1) is 10.1 Å². The molecule has 0 atom stereocenters. The van der Waals surface area contributed by atoms with Gasteiger partial charge in [0, 0.05) is 12.6 Å². The van der Waals surface area contributed by atoms with E-state index in [1.54, 1.807) is 30.3 Å². The Balaban J connectivity index is 1.89. The normalized spacial score (nSPS) is 10.0. The van der Waals surface area contributed by atoms with Crippen LogP contribution in [0.15, 0.2) is 48.5 Å². The smallest absolute Gasteiger partial charge is 0.319 e. The number of nitro benzene ring substituents is 1. The third-order valence-electron chi connectivity index (χ3n) is 3.02. The number of anilines is 1. The summed E-state index contributed by atoms with van der Waals surface area (Å²) in [5.41, 5.74) is 0.680. The highest BCUT2D eigenvalue weighted by Gasteiger charge is 2.14. The molecule has 114 valence electrons. The summed E-state index contributed by atoms with van der Waals surface area (Å²) in [6, 6.07) is 12.2. The molecule has 2 aromatic rings. The molecule has 0 unspecified atom stereocenters. The number of rotatable bonds is 5. The van der Waals surface area contributed by atoms with Crippen molar-refractivity contribution in [2.24, 2.45) is 0 Å². The Morgan fingerprint density at radius 1 is 1.14 bits per heavy atom. The van der Waals surface area contributed by atoms with E-state index >= 15 is 0 Å². The van der Waals surface area contributed by atoms with Gasteiger partial charge in [0.15, 0.2) is 0 Å². The molecule has 0 spiro atoms. The van der Waals surface area contributed by atoms with E-state index in [0.717, 1.165) is 0 Å². The zero-order valence-electron chi connectivity index (χ0n) is 11.7. The van der Waals surface area contributed by atoms with Crippen LogP contribution in [0.4, 0.5) is 16.2 Å². The molecule has 7 heteroatoms.